The van der Waals surface area contributed by atoms with Gasteiger partial charge in [0.15, 0.2) is 6.10 Å². The SMILES string of the molecule is CCC(Oc1ccc2c(c1)N(C)C(=O)N(c1ccc(Cl)cc1)S2)C(=O)O. The van der Waals surface area contributed by atoms with Crippen LogP contribution in [0.25, 0.3) is 0 Å². The Morgan fingerprint density at radius 1 is 1.27 bits per heavy atom. The fourth-order valence-corrected chi connectivity index (χ4v) is 3.67. The molecule has 1 aliphatic rings. The molecule has 26 heavy (non-hydrogen) atoms. The zero-order valence-electron chi connectivity index (χ0n) is 14.2. The number of carboxylic acids is 1. The average Bonchev–Trinajstić information content (AvgIpc) is 2.63. The molecule has 0 saturated heterocycles. The lowest BCUT2D eigenvalue weighted by Crippen LogP contribution is -2.40. The summed E-state index contributed by atoms with van der Waals surface area (Å²) in [5.41, 5.74) is 1.39. The summed E-state index contributed by atoms with van der Waals surface area (Å²) in [7, 11) is 1.67. The summed E-state index contributed by atoms with van der Waals surface area (Å²) in [6.07, 6.45) is -0.573. The van der Waals surface area contributed by atoms with Crippen molar-refractivity contribution >= 4 is 46.9 Å². The number of carbonyl (C=O) groups excluding carboxylic acids is 1. The first kappa shape index (κ1) is 18.4. The molecule has 0 fully saturated rings. The Labute approximate surface area is 160 Å². The van der Waals surface area contributed by atoms with E-state index in [-0.39, 0.29) is 6.03 Å². The van der Waals surface area contributed by atoms with Gasteiger partial charge in [-0.25, -0.2) is 13.9 Å². The van der Waals surface area contributed by atoms with Crippen LogP contribution in [-0.4, -0.2) is 30.3 Å². The number of urea groups is 1. The van der Waals surface area contributed by atoms with E-state index in [1.165, 1.54) is 16.8 Å². The number of rotatable bonds is 5. The minimum absolute atomic E-state index is 0.216. The number of ether oxygens (including phenoxy) is 1. The summed E-state index contributed by atoms with van der Waals surface area (Å²) in [6.45, 7) is 1.74. The second-order valence-corrected chi connectivity index (χ2v) is 7.11. The summed E-state index contributed by atoms with van der Waals surface area (Å²) in [5.74, 6) is -0.601. The normalized spacial score (nSPS) is 14.8. The van der Waals surface area contributed by atoms with E-state index in [0.717, 1.165) is 10.6 Å². The molecule has 136 valence electrons. The number of anilines is 2. The van der Waals surface area contributed by atoms with Crippen molar-refractivity contribution in [3.63, 3.8) is 0 Å². The van der Waals surface area contributed by atoms with Crippen LogP contribution < -0.4 is 13.9 Å². The molecule has 1 atom stereocenters. The highest BCUT2D eigenvalue weighted by molar-refractivity contribution is 8.01. The van der Waals surface area contributed by atoms with Crippen LogP contribution >= 0.6 is 23.5 Å². The molecule has 0 spiro atoms. The second-order valence-electron chi connectivity index (χ2n) is 5.69. The van der Waals surface area contributed by atoms with Crippen LogP contribution in [0, 0.1) is 0 Å². The standard InChI is InChI=1S/C18H17ClN2O4S/c1-3-15(17(22)23)25-13-8-9-16-14(10-13)20(2)18(24)21(26-16)12-6-4-11(19)5-7-12/h4-10,15H,3H2,1-2H3,(H,22,23). The largest absolute Gasteiger partial charge is 0.479 e. The number of carbonyl (C=O) groups is 2. The highest BCUT2D eigenvalue weighted by Gasteiger charge is 2.31. The summed E-state index contributed by atoms with van der Waals surface area (Å²) >= 11 is 7.21. The lowest BCUT2D eigenvalue weighted by atomic mass is 10.2. The third-order valence-corrected chi connectivity index (χ3v) is 5.27. The molecule has 6 nitrogen and oxygen atoms in total. The number of benzene rings is 2. The first-order valence-corrected chi connectivity index (χ1v) is 9.10. The molecule has 1 heterocycles. The van der Waals surface area contributed by atoms with Gasteiger partial charge in [-0.2, -0.15) is 0 Å². The van der Waals surface area contributed by atoms with Crippen LogP contribution in [0.2, 0.25) is 5.02 Å². The fraction of sp³-hybridized carbons (Fsp3) is 0.222. The number of fused-ring (bicyclic) bond motifs is 1. The molecule has 0 aromatic heterocycles. The van der Waals surface area contributed by atoms with Gasteiger partial charge < -0.3 is 9.84 Å². The predicted molar refractivity (Wildman–Crippen MR) is 102 cm³/mol. The van der Waals surface area contributed by atoms with Gasteiger partial charge in [0.05, 0.1) is 16.3 Å². The van der Waals surface area contributed by atoms with Crippen molar-refractivity contribution in [3.05, 3.63) is 47.5 Å². The van der Waals surface area contributed by atoms with Crippen LogP contribution in [0.5, 0.6) is 5.75 Å². The van der Waals surface area contributed by atoms with Gasteiger partial charge in [-0.05, 0) is 54.8 Å². The molecule has 0 radical (unpaired) electrons. The summed E-state index contributed by atoms with van der Waals surface area (Å²) in [6, 6.07) is 12.0. The molecule has 3 rings (SSSR count). The van der Waals surface area contributed by atoms with Crippen molar-refractivity contribution in [3.8, 4) is 5.75 Å². The maximum absolute atomic E-state index is 12.7. The van der Waals surface area contributed by atoms with Crippen molar-refractivity contribution in [1.82, 2.24) is 0 Å². The predicted octanol–water partition coefficient (Wildman–Crippen LogP) is 4.67. The van der Waals surface area contributed by atoms with Gasteiger partial charge >= 0.3 is 12.0 Å². The van der Waals surface area contributed by atoms with E-state index in [1.807, 2.05) is 6.07 Å². The van der Waals surface area contributed by atoms with Gasteiger partial charge in [-0.3, -0.25) is 4.90 Å². The smallest absolute Gasteiger partial charge is 0.344 e. The first-order valence-electron chi connectivity index (χ1n) is 7.95. The zero-order valence-corrected chi connectivity index (χ0v) is 15.8. The molecule has 0 aliphatic carbocycles. The van der Waals surface area contributed by atoms with Gasteiger partial charge in [0.1, 0.15) is 5.75 Å². The van der Waals surface area contributed by atoms with Crippen LogP contribution in [0.4, 0.5) is 16.2 Å². The molecule has 1 aliphatic heterocycles. The molecule has 8 heteroatoms. The van der Waals surface area contributed by atoms with E-state index in [0.29, 0.717) is 22.9 Å². The molecule has 2 aromatic rings. The highest BCUT2D eigenvalue weighted by Crippen LogP contribution is 2.42. The molecule has 0 bridgehead atoms. The molecule has 1 N–H and O–H groups in total. The number of hydrogen-bond donors (Lipinski definition) is 1. The zero-order chi connectivity index (χ0) is 18.8. The number of nitrogens with zero attached hydrogens (tertiary/aromatic N) is 2. The lowest BCUT2D eigenvalue weighted by Gasteiger charge is -2.34. The summed E-state index contributed by atoms with van der Waals surface area (Å²) < 4.78 is 7.10. The average molecular weight is 393 g/mol. The van der Waals surface area contributed by atoms with E-state index in [9.17, 15) is 9.59 Å². The molecular weight excluding hydrogens is 376 g/mol. The van der Waals surface area contributed by atoms with E-state index in [2.05, 4.69) is 0 Å². The van der Waals surface area contributed by atoms with E-state index >= 15 is 0 Å². The Balaban J connectivity index is 1.88. The van der Waals surface area contributed by atoms with Crippen molar-refractivity contribution in [2.75, 3.05) is 16.3 Å². The van der Waals surface area contributed by atoms with Crippen molar-refractivity contribution in [2.24, 2.45) is 0 Å². The Hall–Kier alpha value is -2.38. The number of carboxylic acid groups (broad SMARTS) is 1. The molecule has 2 amide bonds. The minimum atomic E-state index is -1.02. The van der Waals surface area contributed by atoms with E-state index in [4.69, 9.17) is 21.4 Å². The van der Waals surface area contributed by atoms with Gasteiger partial charge in [0.25, 0.3) is 0 Å². The maximum atomic E-state index is 12.7. The van der Waals surface area contributed by atoms with E-state index < -0.39 is 12.1 Å². The number of aliphatic carboxylic acids is 1. The highest BCUT2D eigenvalue weighted by atomic mass is 35.5. The Kier molecular flexibility index (Phi) is 5.29. The molecule has 2 aromatic carbocycles. The summed E-state index contributed by atoms with van der Waals surface area (Å²) in [4.78, 5) is 26.3. The third-order valence-electron chi connectivity index (χ3n) is 3.93. The molecule has 1 unspecified atom stereocenters. The van der Waals surface area contributed by atoms with E-state index in [1.54, 1.807) is 54.7 Å². The third kappa shape index (κ3) is 3.59. The quantitative estimate of drug-likeness (QED) is 0.749. The fourth-order valence-electron chi connectivity index (χ4n) is 2.50. The first-order chi connectivity index (χ1) is 12.4. The van der Waals surface area contributed by atoms with Gasteiger partial charge in [0, 0.05) is 18.1 Å². The van der Waals surface area contributed by atoms with Crippen LogP contribution in [0.1, 0.15) is 13.3 Å². The molecule has 0 saturated carbocycles. The second kappa shape index (κ2) is 7.47. The van der Waals surface area contributed by atoms with Crippen molar-refractivity contribution in [1.29, 1.82) is 0 Å². The monoisotopic (exact) mass is 392 g/mol. The Bertz CT molecular complexity index is 844. The van der Waals surface area contributed by atoms with Crippen LogP contribution in [0.15, 0.2) is 47.4 Å². The Morgan fingerprint density at radius 2 is 1.96 bits per heavy atom. The van der Waals surface area contributed by atoms with Gasteiger partial charge in [-0.15, -0.1) is 0 Å². The number of hydrogen-bond acceptors (Lipinski definition) is 4. The maximum Gasteiger partial charge on any atom is 0.344 e. The number of halogens is 1. The Morgan fingerprint density at radius 3 is 2.58 bits per heavy atom. The van der Waals surface area contributed by atoms with Crippen LogP contribution in [0.3, 0.4) is 0 Å². The summed E-state index contributed by atoms with van der Waals surface area (Å²) in [5, 5.41) is 9.74. The lowest BCUT2D eigenvalue weighted by molar-refractivity contribution is -0.145. The topological polar surface area (TPSA) is 70.1 Å². The molecular formula is C18H17ClN2O4S. The minimum Gasteiger partial charge on any atom is -0.479 e. The number of amides is 2. The van der Waals surface area contributed by atoms with Gasteiger partial charge in [0.2, 0.25) is 0 Å². The van der Waals surface area contributed by atoms with Gasteiger partial charge in [-0.1, -0.05) is 18.5 Å². The van der Waals surface area contributed by atoms with Crippen molar-refractivity contribution < 1.29 is 19.4 Å². The van der Waals surface area contributed by atoms with Crippen LogP contribution in [-0.2, 0) is 4.79 Å². The van der Waals surface area contributed by atoms with Crippen molar-refractivity contribution in [2.45, 2.75) is 24.3 Å².